The third-order valence-electron chi connectivity index (χ3n) is 4.71. The Hall–Kier alpha value is -3.24. The van der Waals surface area contributed by atoms with Gasteiger partial charge in [-0.1, -0.05) is 72.8 Å². The van der Waals surface area contributed by atoms with Crippen LogP contribution in [-0.2, 0) is 14.4 Å². The van der Waals surface area contributed by atoms with E-state index in [1.54, 1.807) is 12.2 Å². The van der Waals surface area contributed by atoms with E-state index in [0.717, 1.165) is 16.7 Å². The molecular weight excluding hydrogens is 326 g/mol. The second-order valence-corrected chi connectivity index (χ2v) is 6.18. The topological polar surface area (TPSA) is 46.6 Å². The molecule has 26 heavy (non-hydrogen) atoms. The number of rotatable bonds is 3. The minimum Gasteiger partial charge on any atom is -0.290 e. The van der Waals surface area contributed by atoms with Gasteiger partial charge in [-0.3, -0.25) is 14.4 Å². The number of hydrogen-bond acceptors (Lipinski definition) is 3. The molecule has 0 atom stereocenters. The Kier molecular flexibility index (Phi) is 3.90. The molecule has 0 radical (unpaired) electrons. The Morgan fingerprint density at radius 3 is 1.88 bits per heavy atom. The zero-order valence-corrected chi connectivity index (χ0v) is 14.3. The van der Waals surface area contributed by atoms with Crippen molar-refractivity contribution in [3.63, 3.8) is 0 Å². The van der Waals surface area contributed by atoms with Crippen molar-refractivity contribution in [2.45, 2.75) is 0 Å². The van der Waals surface area contributed by atoms with Crippen LogP contribution >= 0.6 is 0 Å². The Balaban J connectivity index is 2.06. The summed E-state index contributed by atoms with van der Waals surface area (Å²) in [7, 11) is 1.48. The van der Waals surface area contributed by atoms with Crippen molar-refractivity contribution in [3.8, 4) is 0 Å². The quantitative estimate of drug-likeness (QED) is 0.855. The number of allylic oxidation sites excluding steroid dienone is 2. The lowest BCUT2D eigenvalue weighted by Gasteiger charge is -2.25. The highest BCUT2D eigenvalue weighted by atomic mass is 16.7. The second-order valence-electron chi connectivity index (χ2n) is 6.18. The van der Waals surface area contributed by atoms with Crippen molar-refractivity contribution < 1.29 is 14.4 Å². The molecule has 4 rings (SSSR count). The van der Waals surface area contributed by atoms with Crippen LogP contribution in [0.2, 0.25) is 0 Å². The zero-order valence-electron chi connectivity index (χ0n) is 14.3. The SMILES string of the molecule is CON1C(=O)C2(C=CC(=O)C=C2)C(c2ccccc2)=C1c1ccccc1. The first-order valence-corrected chi connectivity index (χ1v) is 8.34. The third-order valence-corrected chi connectivity index (χ3v) is 4.71. The summed E-state index contributed by atoms with van der Waals surface area (Å²) in [6.07, 6.45) is 6.23. The average molecular weight is 343 g/mol. The van der Waals surface area contributed by atoms with Crippen molar-refractivity contribution in [3.05, 3.63) is 96.1 Å². The van der Waals surface area contributed by atoms with Gasteiger partial charge in [0.05, 0.1) is 12.8 Å². The maximum absolute atomic E-state index is 13.3. The molecule has 1 amide bonds. The number of hydroxylamine groups is 2. The fraction of sp³-hybridized carbons (Fsp3) is 0.0909. The van der Waals surface area contributed by atoms with Crippen LogP contribution in [0.15, 0.2) is 85.0 Å². The summed E-state index contributed by atoms with van der Waals surface area (Å²) in [5.74, 6) is -0.370. The van der Waals surface area contributed by atoms with Crippen LogP contribution < -0.4 is 0 Å². The van der Waals surface area contributed by atoms with E-state index in [4.69, 9.17) is 4.84 Å². The molecule has 2 aromatic carbocycles. The molecule has 1 heterocycles. The molecule has 1 aliphatic heterocycles. The molecule has 0 saturated carbocycles. The van der Waals surface area contributed by atoms with E-state index in [0.29, 0.717) is 5.70 Å². The first-order chi connectivity index (χ1) is 12.7. The highest BCUT2D eigenvalue weighted by Crippen LogP contribution is 2.52. The number of nitrogens with zero attached hydrogens (tertiary/aromatic N) is 1. The number of benzene rings is 2. The van der Waals surface area contributed by atoms with Gasteiger partial charge in [-0.2, -0.15) is 5.06 Å². The van der Waals surface area contributed by atoms with Crippen molar-refractivity contribution in [2.75, 3.05) is 7.11 Å². The van der Waals surface area contributed by atoms with Crippen LogP contribution in [0.3, 0.4) is 0 Å². The molecule has 0 aromatic heterocycles. The molecule has 2 aliphatic rings. The van der Waals surface area contributed by atoms with Crippen molar-refractivity contribution >= 4 is 23.0 Å². The number of carbonyl (C=O) groups is 2. The molecule has 1 aliphatic carbocycles. The normalized spacial score (nSPS) is 18.3. The van der Waals surface area contributed by atoms with Crippen molar-refractivity contribution in [1.29, 1.82) is 0 Å². The van der Waals surface area contributed by atoms with E-state index in [1.165, 1.54) is 24.3 Å². The van der Waals surface area contributed by atoms with Crippen molar-refractivity contribution in [1.82, 2.24) is 5.06 Å². The van der Waals surface area contributed by atoms with Gasteiger partial charge in [0, 0.05) is 11.1 Å². The highest BCUT2D eigenvalue weighted by Gasteiger charge is 2.51. The standard InChI is InChI=1S/C22H17NO3/c1-26-23-20(17-10-6-3-7-11-17)19(16-8-4-2-5-9-16)22(21(23)25)14-12-18(24)13-15-22/h2-15H,1H3. The maximum Gasteiger partial charge on any atom is 0.269 e. The van der Waals surface area contributed by atoms with E-state index in [2.05, 4.69) is 0 Å². The lowest BCUT2D eigenvalue weighted by Crippen LogP contribution is -2.35. The molecule has 4 nitrogen and oxygen atoms in total. The molecule has 0 saturated heterocycles. The smallest absolute Gasteiger partial charge is 0.269 e. The fourth-order valence-corrected chi connectivity index (χ4v) is 3.53. The molecule has 1 spiro atoms. The highest BCUT2D eigenvalue weighted by molar-refractivity contribution is 6.18. The van der Waals surface area contributed by atoms with Crippen LogP contribution in [0, 0.1) is 5.41 Å². The monoisotopic (exact) mass is 343 g/mol. The summed E-state index contributed by atoms with van der Waals surface area (Å²) in [6, 6.07) is 19.4. The minimum absolute atomic E-state index is 0.132. The van der Waals surface area contributed by atoms with Gasteiger partial charge in [-0.25, -0.2) is 0 Å². The van der Waals surface area contributed by atoms with E-state index in [1.807, 2.05) is 60.7 Å². The van der Waals surface area contributed by atoms with Crippen LogP contribution in [0.5, 0.6) is 0 Å². The predicted octanol–water partition coefficient (Wildman–Crippen LogP) is 3.64. The van der Waals surface area contributed by atoms with Gasteiger partial charge >= 0.3 is 0 Å². The number of carbonyl (C=O) groups excluding carboxylic acids is 2. The van der Waals surface area contributed by atoms with Gasteiger partial charge in [0.25, 0.3) is 5.91 Å². The molecule has 0 bridgehead atoms. The van der Waals surface area contributed by atoms with E-state index < -0.39 is 5.41 Å². The van der Waals surface area contributed by atoms with E-state index in [-0.39, 0.29) is 11.7 Å². The molecule has 2 aromatic rings. The Bertz CT molecular complexity index is 939. The Labute approximate surface area is 151 Å². The Morgan fingerprint density at radius 1 is 0.808 bits per heavy atom. The first kappa shape index (κ1) is 16.2. The van der Waals surface area contributed by atoms with Crippen LogP contribution in [-0.4, -0.2) is 23.9 Å². The van der Waals surface area contributed by atoms with Gasteiger partial charge in [-0.05, 0) is 17.7 Å². The average Bonchev–Trinajstić information content (AvgIpc) is 2.94. The van der Waals surface area contributed by atoms with Gasteiger partial charge in [-0.15, -0.1) is 0 Å². The summed E-state index contributed by atoms with van der Waals surface area (Å²) in [4.78, 5) is 30.5. The van der Waals surface area contributed by atoms with E-state index >= 15 is 0 Å². The van der Waals surface area contributed by atoms with Gasteiger partial charge < -0.3 is 0 Å². The van der Waals surface area contributed by atoms with E-state index in [9.17, 15) is 9.59 Å². The predicted molar refractivity (Wildman–Crippen MR) is 99.3 cm³/mol. The lowest BCUT2D eigenvalue weighted by atomic mass is 9.74. The summed E-state index contributed by atoms with van der Waals surface area (Å²) in [5.41, 5.74) is 2.21. The molecule has 0 N–H and O–H groups in total. The Morgan fingerprint density at radius 2 is 1.35 bits per heavy atom. The third kappa shape index (κ3) is 2.35. The number of ketones is 1. The summed E-state index contributed by atoms with van der Waals surface area (Å²) in [5, 5.41) is 1.32. The number of amides is 1. The van der Waals surface area contributed by atoms with Crippen LogP contribution in [0.25, 0.3) is 11.3 Å². The molecule has 4 heteroatoms. The van der Waals surface area contributed by atoms with Crippen LogP contribution in [0.1, 0.15) is 11.1 Å². The second kappa shape index (κ2) is 6.24. The minimum atomic E-state index is -1.06. The summed E-state index contributed by atoms with van der Waals surface area (Å²) >= 11 is 0. The molecule has 128 valence electrons. The van der Waals surface area contributed by atoms with Gasteiger partial charge in [0.15, 0.2) is 5.78 Å². The zero-order chi connectivity index (χ0) is 18.1. The van der Waals surface area contributed by atoms with Crippen LogP contribution in [0.4, 0.5) is 0 Å². The summed E-state index contributed by atoms with van der Waals surface area (Å²) < 4.78 is 0. The molecule has 0 unspecified atom stereocenters. The van der Waals surface area contributed by atoms with Crippen molar-refractivity contribution in [2.24, 2.45) is 5.41 Å². The first-order valence-electron chi connectivity index (χ1n) is 8.34. The fourth-order valence-electron chi connectivity index (χ4n) is 3.53. The number of hydrogen-bond donors (Lipinski definition) is 0. The molecular formula is C22H17NO3. The summed E-state index contributed by atoms with van der Waals surface area (Å²) in [6.45, 7) is 0. The van der Waals surface area contributed by atoms with Gasteiger partial charge in [0.2, 0.25) is 0 Å². The van der Waals surface area contributed by atoms with Gasteiger partial charge in [0.1, 0.15) is 5.41 Å². The molecule has 0 fully saturated rings. The largest absolute Gasteiger partial charge is 0.290 e. The lowest BCUT2D eigenvalue weighted by molar-refractivity contribution is -0.160. The maximum atomic E-state index is 13.3.